The zero-order chi connectivity index (χ0) is 11.9. The lowest BCUT2D eigenvalue weighted by atomic mass is 10.2. The summed E-state index contributed by atoms with van der Waals surface area (Å²) in [6.45, 7) is 4.39. The Bertz CT molecular complexity index is 233. The van der Waals surface area contributed by atoms with Gasteiger partial charge in [0, 0.05) is 6.54 Å². The maximum absolute atomic E-state index is 11.9. The molecule has 0 fully saturated rings. The lowest BCUT2D eigenvalue weighted by Crippen LogP contribution is -2.33. The molecule has 0 aliphatic carbocycles. The van der Waals surface area contributed by atoms with Crippen molar-refractivity contribution >= 4 is 6.09 Å². The third-order valence-corrected chi connectivity index (χ3v) is 1.43. The number of nitrogens with one attached hydrogen (secondary N) is 1. The summed E-state index contributed by atoms with van der Waals surface area (Å²) in [6.07, 6.45) is 0.637. The van der Waals surface area contributed by atoms with Gasteiger partial charge in [-0.1, -0.05) is 6.08 Å². The first-order valence-electron chi connectivity index (χ1n) is 4.70. The molecule has 0 saturated heterocycles. The molecule has 15 heavy (non-hydrogen) atoms. The Morgan fingerprint density at radius 1 is 1.53 bits per heavy atom. The molecule has 1 amide bonds. The van der Waals surface area contributed by atoms with E-state index in [9.17, 15) is 9.18 Å². The highest BCUT2D eigenvalue weighted by atomic mass is 19.1. The van der Waals surface area contributed by atoms with E-state index in [0.29, 0.717) is 5.57 Å². The molecule has 0 aromatic rings. The summed E-state index contributed by atoms with van der Waals surface area (Å²) in [4.78, 5) is 11.1. The van der Waals surface area contributed by atoms with Crippen molar-refractivity contribution in [2.24, 2.45) is 0 Å². The van der Waals surface area contributed by atoms with Gasteiger partial charge in [-0.05, 0) is 26.3 Å². The van der Waals surface area contributed by atoms with Crippen LogP contribution in [0.2, 0.25) is 0 Å². The van der Waals surface area contributed by atoms with Gasteiger partial charge in [0.2, 0.25) is 0 Å². The third-order valence-electron chi connectivity index (χ3n) is 1.43. The maximum atomic E-state index is 11.9. The Hall–Kier alpha value is -1.10. The number of aliphatic hydroxyl groups is 1. The molecule has 0 unspecified atom stereocenters. The van der Waals surface area contributed by atoms with E-state index in [2.05, 4.69) is 5.32 Å². The predicted octanol–water partition coefficient (Wildman–Crippen LogP) is 1.40. The van der Waals surface area contributed by atoms with Crippen LogP contribution in [-0.2, 0) is 4.74 Å². The van der Waals surface area contributed by atoms with Gasteiger partial charge in [-0.15, -0.1) is 0 Å². The van der Waals surface area contributed by atoms with E-state index in [1.54, 1.807) is 20.8 Å². The van der Waals surface area contributed by atoms with E-state index in [1.165, 1.54) is 6.08 Å². The van der Waals surface area contributed by atoms with Gasteiger partial charge in [-0.3, -0.25) is 0 Å². The monoisotopic (exact) mass is 219 g/mol. The largest absolute Gasteiger partial charge is 0.444 e. The molecule has 88 valence electrons. The first-order valence-corrected chi connectivity index (χ1v) is 4.70. The number of hydrogen-bond acceptors (Lipinski definition) is 3. The van der Waals surface area contributed by atoms with Crippen molar-refractivity contribution in [3.8, 4) is 0 Å². The number of halogens is 1. The number of alkyl carbamates (subject to hydrolysis) is 1. The second-order valence-electron chi connectivity index (χ2n) is 4.03. The fourth-order valence-electron chi connectivity index (χ4n) is 0.802. The Balaban J connectivity index is 3.94. The molecule has 0 aliphatic heterocycles. The van der Waals surface area contributed by atoms with Crippen LogP contribution in [0.5, 0.6) is 0 Å². The predicted molar refractivity (Wildman–Crippen MR) is 55.4 cm³/mol. The molecular weight excluding hydrogens is 201 g/mol. The summed E-state index contributed by atoms with van der Waals surface area (Å²) >= 11 is 0. The molecule has 0 radical (unpaired) electrons. The van der Waals surface area contributed by atoms with Gasteiger partial charge in [0.1, 0.15) is 12.3 Å². The molecule has 0 heterocycles. The Labute approximate surface area is 89.1 Å². The summed E-state index contributed by atoms with van der Waals surface area (Å²) in [5.41, 5.74) is -0.142. The zero-order valence-corrected chi connectivity index (χ0v) is 9.34. The number of carbonyl (C=O) groups is 1. The zero-order valence-electron chi connectivity index (χ0n) is 9.34. The molecule has 4 nitrogen and oxygen atoms in total. The summed E-state index contributed by atoms with van der Waals surface area (Å²) in [5.74, 6) is 0. The first-order chi connectivity index (χ1) is 6.89. The van der Waals surface area contributed by atoms with Crippen molar-refractivity contribution in [1.29, 1.82) is 0 Å². The van der Waals surface area contributed by atoms with Crippen LogP contribution < -0.4 is 5.32 Å². The number of alkyl halides is 1. The van der Waals surface area contributed by atoms with E-state index in [-0.39, 0.29) is 13.2 Å². The molecular formula is C10H18FNO3. The molecule has 0 rings (SSSR count). The van der Waals surface area contributed by atoms with Crippen molar-refractivity contribution in [1.82, 2.24) is 5.32 Å². The van der Waals surface area contributed by atoms with Crippen LogP contribution in [0.1, 0.15) is 20.8 Å². The van der Waals surface area contributed by atoms with Crippen LogP contribution in [0.25, 0.3) is 0 Å². The quantitative estimate of drug-likeness (QED) is 0.703. The molecule has 0 aromatic heterocycles. The maximum Gasteiger partial charge on any atom is 0.407 e. The van der Waals surface area contributed by atoms with Gasteiger partial charge < -0.3 is 15.2 Å². The standard InChI is InChI=1S/C10H18FNO3/c1-10(2,3)15-9(14)12-6-8(7-13)4-5-11/h4,13H,5-7H2,1-3H3,(H,12,14)/b8-4-. The number of carbonyl (C=O) groups excluding carboxylic acids is 1. The second-order valence-corrected chi connectivity index (χ2v) is 4.03. The van der Waals surface area contributed by atoms with Crippen molar-refractivity contribution in [2.75, 3.05) is 19.8 Å². The van der Waals surface area contributed by atoms with Crippen LogP contribution in [0.3, 0.4) is 0 Å². The lowest BCUT2D eigenvalue weighted by molar-refractivity contribution is 0.0531. The van der Waals surface area contributed by atoms with E-state index in [1.807, 2.05) is 0 Å². The van der Waals surface area contributed by atoms with Gasteiger partial charge in [0.25, 0.3) is 0 Å². The number of rotatable bonds is 4. The summed E-state index contributed by atoms with van der Waals surface area (Å²) < 4.78 is 16.9. The number of ether oxygens (including phenoxy) is 1. The number of allylic oxidation sites excluding steroid dienone is 1. The van der Waals surface area contributed by atoms with Crippen LogP contribution in [0.15, 0.2) is 11.6 Å². The van der Waals surface area contributed by atoms with Gasteiger partial charge in [0.15, 0.2) is 0 Å². The normalized spacial score (nSPS) is 12.5. The average Bonchev–Trinajstić information content (AvgIpc) is 2.09. The molecule has 0 bridgehead atoms. The minimum absolute atomic E-state index is 0.0926. The minimum Gasteiger partial charge on any atom is -0.444 e. The minimum atomic E-state index is -0.661. The highest BCUT2D eigenvalue weighted by Crippen LogP contribution is 2.06. The average molecular weight is 219 g/mol. The summed E-state index contributed by atoms with van der Waals surface area (Å²) in [5, 5.41) is 11.2. The number of aliphatic hydroxyl groups excluding tert-OH is 1. The third kappa shape index (κ3) is 7.93. The van der Waals surface area contributed by atoms with Crippen LogP contribution in [0.4, 0.5) is 9.18 Å². The Kier molecular flexibility index (Phi) is 5.93. The van der Waals surface area contributed by atoms with E-state index in [0.717, 1.165) is 0 Å². The molecule has 2 N–H and O–H groups in total. The first kappa shape index (κ1) is 13.9. The lowest BCUT2D eigenvalue weighted by Gasteiger charge is -2.19. The highest BCUT2D eigenvalue weighted by Gasteiger charge is 2.15. The summed E-state index contributed by atoms with van der Waals surface area (Å²) in [6, 6.07) is 0. The SMILES string of the molecule is CC(C)(C)OC(=O)NC/C(=C/CF)CO. The van der Waals surface area contributed by atoms with Crippen molar-refractivity contribution in [3.05, 3.63) is 11.6 Å². The van der Waals surface area contributed by atoms with E-state index < -0.39 is 18.4 Å². The van der Waals surface area contributed by atoms with E-state index >= 15 is 0 Å². The fourth-order valence-corrected chi connectivity index (χ4v) is 0.802. The molecule has 5 heteroatoms. The van der Waals surface area contributed by atoms with Crippen molar-refractivity contribution < 1.29 is 19.0 Å². The number of amides is 1. The summed E-state index contributed by atoms with van der Waals surface area (Å²) in [7, 11) is 0. The fraction of sp³-hybridized carbons (Fsp3) is 0.700. The van der Waals surface area contributed by atoms with Crippen LogP contribution in [-0.4, -0.2) is 36.6 Å². The molecule has 0 aromatic carbocycles. The Morgan fingerprint density at radius 3 is 2.53 bits per heavy atom. The number of hydrogen-bond donors (Lipinski definition) is 2. The highest BCUT2D eigenvalue weighted by molar-refractivity contribution is 5.68. The van der Waals surface area contributed by atoms with Crippen LogP contribution >= 0.6 is 0 Å². The van der Waals surface area contributed by atoms with Gasteiger partial charge in [-0.25, -0.2) is 9.18 Å². The van der Waals surface area contributed by atoms with Gasteiger partial charge >= 0.3 is 6.09 Å². The molecule has 0 aliphatic rings. The van der Waals surface area contributed by atoms with Crippen molar-refractivity contribution in [3.63, 3.8) is 0 Å². The van der Waals surface area contributed by atoms with Crippen molar-refractivity contribution in [2.45, 2.75) is 26.4 Å². The molecule has 0 atom stereocenters. The van der Waals surface area contributed by atoms with Crippen LogP contribution in [0, 0.1) is 0 Å². The topological polar surface area (TPSA) is 58.6 Å². The molecule has 0 saturated carbocycles. The molecule has 0 spiro atoms. The van der Waals surface area contributed by atoms with Gasteiger partial charge in [0.05, 0.1) is 6.61 Å². The van der Waals surface area contributed by atoms with Gasteiger partial charge in [-0.2, -0.15) is 0 Å². The smallest absolute Gasteiger partial charge is 0.407 e. The second kappa shape index (κ2) is 6.40. The van der Waals surface area contributed by atoms with E-state index in [4.69, 9.17) is 9.84 Å². The Morgan fingerprint density at radius 2 is 2.13 bits per heavy atom.